The Labute approximate surface area is 88.7 Å². The maximum atomic E-state index is 5.96. The van der Waals surface area contributed by atoms with E-state index in [9.17, 15) is 0 Å². The van der Waals surface area contributed by atoms with Crippen LogP contribution in [0.15, 0.2) is 16.8 Å². The van der Waals surface area contributed by atoms with Gasteiger partial charge in [0.2, 0.25) is 0 Å². The van der Waals surface area contributed by atoms with Crippen molar-refractivity contribution in [3.63, 3.8) is 0 Å². The average molecular weight is 238 g/mol. The van der Waals surface area contributed by atoms with Gasteiger partial charge in [-0.25, -0.2) is 0 Å². The van der Waals surface area contributed by atoms with Crippen molar-refractivity contribution >= 4 is 56.9 Å². The van der Waals surface area contributed by atoms with Gasteiger partial charge in [0.1, 0.15) is 0 Å². The summed E-state index contributed by atoms with van der Waals surface area (Å²) in [5.41, 5.74) is 0. The highest BCUT2D eigenvalue weighted by molar-refractivity contribution is 7.09. The lowest BCUT2D eigenvalue weighted by Gasteiger charge is -1.99. The Kier molecular flexibility index (Phi) is 2.21. The molecule has 0 aliphatic rings. The van der Waals surface area contributed by atoms with Crippen molar-refractivity contribution in [2.24, 2.45) is 0 Å². The summed E-state index contributed by atoms with van der Waals surface area (Å²) in [6, 6.07) is 1.82. The number of halogens is 3. The fraction of sp³-hybridized carbons (Fsp3) is 0. The summed E-state index contributed by atoms with van der Waals surface area (Å²) in [5, 5.41) is 7.44. The van der Waals surface area contributed by atoms with Crippen molar-refractivity contribution in [1.29, 1.82) is 0 Å². The zero-order valence-electron chi connectivity index (χ0n) is 5.77. The van der Waals surface area contributed by atoms with E-state index in [4.69, 9.17) is 34.8 Å². The molecule has 2 aromatic rings. The highest BCUT2D eigenvalue weighted by atomic mass is 35.5. The molecule has 0 nitrogen and oxygen atoms in total. The van der Waals surface area contributed by atoms with Crippen molar-refractivity contribution in [2.45, 2.75) is 0 Å². The Hall–Kier alpha value is 0.0500. The molecule has 1 heterocycles. The summed E-state index contributed by atoms with van der Waals surface area (Å²) in [6.07, 6.45) is 0. The average Bonchev–Trinajstić information content (AvgIpc) is 2.48. The molecule has 1 aromatic heterocycles. The molecule has 62 valence electrons. The highest BCUT2D eigenvalue weighted by Crippen LogP contribution is 2.37. The van der Waals surface area contributed by atoms with Crippen molar-refractivity contribution in [1.82, 2.24) is 0 Å². The summed E-state index contributed by atoms with van der Waals surface area (Å²) in [7, 11) is 0. The number of benzene rings is 1. The second-order valence-electron chi connectivity index (χ2n) is 2.36. The summed E-state index contributed by atoms with van der Waals surface area (Å²) in [6.45, 7) is 0. The fourth-order valence-corrected chi connectivity index (χ4v) is 2.57. The quantitative estimate of drug-likeness (QED) is 0.574. The van der Waals surface area contributed by atoms with Crippen LogP contribution in [0.3, 0.4) is 0 Å². The number of fused-ring (bicyclic) bond motifs is 1. The van der Waals surface area contributed by atoms with Gasteiger partial charge in [-0.1, -0.05) is 34.8 Å². The van der Waals surface area contributed by atoms with Crippen LogP contribution in [0.5, 0.6) is 0 Å². The number of thiophene rings is 1. The Morgan fingerprint density at radius 3 is 2.50 bits per heavy atom. The molecule has 0 spiro atoms. The van der Waals surface area contributed by atoms with Gasteiger partial charge < -0.3 is 0 Å². The Bertz CT molecular complexity index is 433. The molecule has 0 radical (unpaired) electrons. The van der Waals surface area contributed by atoms with Crippen LogP contribution in [0, 0.1) is 0 Å². The van der Waals surface area contributed by atoms with Gasteiger partial charge >= 0.3 is 0 Å². The first-order valence-corrected chi connectivity index (χ1v) is 5.27. The monoisotopic (exact) mass is 236 g/mol. The van der Waals surface area contributed by atoms with E-state index in [2.05, 4.69) is 0 Å². The van der Waals surface area contributed by atoms with E-state index in [0.717, 1.165) is 10.8 Å². The Morgan fingerprint density at radius 1 is 1.00 bits per heavy atom. The molecule has 0 saturated carbocycles. The largest absolute Gasteiger partial charge is 0.151 e. The second kappa shape index (κ2) is 3.08. The molecule has 0 fully saturated rings. The molecule has 0 N–H and O–H groups in total. The number of rotatable bonds is 0. The van der Waals surface area contributed by atoms with E-state index in [1.54, 1.807) is 11.3 Å². The Morgan fingerprint density at radius 2 is 1.75 bits per heavy atom. The van der Waals surface area contributed by atoms with Gasteiger partial charge in [0.15, 0.2) is 0 Å². The fourth-order valence-electron chi connectivity index (χ4n) is 1.02. The third-order valence-corrected chi connectivity index (χ3v) is 3.65. The summed E-state index contributed by atoms with van der Waals surface area (Å²) in [4.78, 5) is 0. The molecule has 0 amide bonds. The first kappa shape index (κ1) is 8.64. The summed E-state index contributed by atoms with van der Waals surface area (Å²) >= 11 is 19.2. The van der Waals surface area contributed by atoms with E-state index in [0.29, 0.717) is 15.1 Å². The number of hydrogen-bond acceptors (Lipinski definition) is 1. The lowest BCUT2D eigenvalue weighted by atomic mass is 10.2. The van der Waals surface area contributed by atoms with Gasteiger partial charge in [-0.05, 0) is 16.8 Å². The maximum absolute atomic E-state index is 5.96. The van der Waals surface area contributed by atoms with Gasteiger partial charge in [-0.2, -0.15) is 11.3 Å². The van der Waals surface area contributed by atoms with Crippen molar-refractivity contribution in [2.75, 3.05) is 0 Å². The second-order valence-corrected chi connectivity index (χ2v) is 4.27. The topological polar surface area (TPSA) is 0 Å². The van der Waals surface area contributed by atoms with Gasteiger partial charge in [-0.15, -0.1) is 0 Å². The van der Waals surface area contributed by atoms with Crippen molar-refractivity contribution in [3.8, 4) is 0 Å². The van der Waals surface area contributed by atoms with E-state index >= 15 is 0 Å². The molecule has 0 aliphatic carbocycles. The van der Waals surface area contributed by atoms with Gasteiger partial charge in [0.25, 0.3) is 0 Å². The van der Waals surface area contributed by atoms with Crippen LogP contribution < -0.4 is 0 Å². The molecule has 2 rings (SSSR count). The third-order valence-electron chi connectivity index (χ3n) is 1.61. The summed E-state index contributed by atoms with van der Waals surface area (Å²) < 4.78 is 0. The minimum atomic E-state index is 0.434. The highest BCUT2D eigenvalue weighted by Gasteiger charge is 2.08. The first-order chi connectivity index (χ1) is 5.70. The van der Waals surface area contributed by atoms with E-state index in [1.165, 1.54) is 0 Å². The minimum absolute atomic E-state index is 0.434. The molecular weight excluding hydrogens is 235 g/mol. The molecule has 4 heteroatoms. The van der Waals surface area contributed by atoms with Crippen LogP contribution in [-0.4, -0.2) is 0 Å². The molecule has 0 atom stereocenters. The smallest absolute Gasteiger partial charge is 0.0785 e. The first-order valence-electron chi connectivity index (χ1n) is 3.19. The van der Waals surface area contributed by atoms with Crippen molar-refractivity contribution < 1.29 is 0 Å². The van der Waals surface area contributed by atoms with Crippen LogP contribution in [-0.2, 0) is 0 Å². The van der Waals surface area contributed by atoms with E-state index in [-0.39, 0.29) is 0 Å². The van der Waals surface area contributed by atoms with Crippen molar-refractivity contribution in [3.05, 3.63) is 31.9 Å². The lowest BCUT2D eigenvalue weighted by molar-refractivity contribution is 1.82. The third kappa shape index (κ3) is 1.21. The molecule has 0 aliphatic heterocycles. The molecule has 1 aromatic carbocycles. The normalized spacial score (nSPS) is 10.9. The standard InChI is InChI=1S/C8H3Cl3S/c9-6-1-4-2-12-3-5(4)7(10)8(6)11/h1-3H. The molecular formula is C8H3Cl3S. The zero-order chi connectivity index (χ0) is 8.72. The van der Waals surface area contributed by atoms with E-state index in [1.807, 2.05) is 16.8 Å². The summed E-state index contributed by atoms with van der Waals surface area (Å²) in [5.74, 6) is 0. The lowest BCUT2D eigenvalue weighted by Crippen LogP contribution is -1.72. The SMILES string of the molecule is Clc1cc2cscc2c(Cl)c1Cl. The Balaban J connectivity index is 2.94. The predicted octanol–water partition coefficient (Wildman–Crippen LogP) is 4.86. The van der Waals surface area contributed by atoms with Crippen LogP contribution in [0.2, 0.25) is 15.1 Å². The minimum Gasteiger partial charge on any atom is -0.151 e. The predicted molar refractivity (Wildman–Crippen MR) is 56.9 cm³/mol. The number of hydrogen-bond donors (Lipinski definition) is 0. The van der Waals surface area contributed by atoms with Crippen LogP contribution >= 0.6 is 46.1 Å². The molecule has 0 bridgehead atoms. The van der Waals surface area contributed by atoms with Gasteiger partial charge in [0, 0.05) is 10.8 Å². The van der Waals surface area contributed by atoms with Gasteiger partial charge in [-0.3, -0.25) is 0 Å². The van der Waals surface area contributed by atoms with Crippen LogP contribution in [0.1, 0.15) is 0 Å². The molecule has 0 unspecified atom stereocenters. The maximum Gasteiger partial charge on any atom is 0.0785 e. The molecule has 0 saturated heterocycles. The van der Waals surface area contributed by atoms with Crippen LogP contribution in [0.25, 0.3) is 10.8 Å². The van der Waals surface area contributed by atoms with Crippen LogP contribution in [0.4, 0.5) is 0 Å². The van der Waals surface area contributed by atoms with E-state index < -0.39 is 0 Å². The zero-order valence-corrected chi connectivity index (χ0v) is 8.86. The molecule has 12 heavy (non-hydrogen) atoms. The van der Waals surface area contributed by atoms with Gasteiger partial charge in [0.05, 0.1) is 15.1 Å².